The number of aryl methyl sites for hydroxylation is 1. The van der Waals surface area contributed by atoms with Crippen LogP contribution in [0.5, 0.6) is 17.2 Å². The molecule has 3 aromatic carbocycles. The fourth-order valence-corrected chi connectivity index (χ4v) is 4.75. The van der Waals surface area contributed by atoms with Gasteiger partial charge in [-0.1, -0.05) is 23.8 Å². The Morgan fingerprint density at radius 2 is 1.44 bits per heavy atom. The van der Waals surface area contributed by atoms with Crippen LogP contribution < -0.4 is 30.2 Å². The lowest BCUT2D eigenvalue weighted by molar-refractivity contribution is -0.113. The second kappa shape index (κ2) is 11.5. The lowest BCUT2D eigenvalue weighted by Gasteiger charge is -2.30. The number of nitrogens with one attached hydrogen (secondary N) is 3. The van der Waals surface area contributed by atoms with Crippen LogP contribution in [0.1, 0.15) is 34.5 Å². The summed E-state index contributed by atoms with van der Waals surface area (Å²) in [6.45, 7) is 3.78. The molecule has 41 heavy (non-hydrogen) atoms. The maximum absolute atomic E-state index is 13.8. The number of carbonyl (C=O) groups is 2. The van der Waals surface area contributed by atoms with Crippen LogP contribution in [0.4, 0.5) is 17.2 Å². The van der Waals surface area contributed by atoms with Gasteiger partial charge in [0.05, 0.1) is 33.1 Å². The molecule has 1 aromatic heterocycles. The quantitative estimate of drug-likeness (QED) is 0.268. The Hall–Kier alpha value is -5.25. The van der Waals surface area contributed by atoms with Crippen molar-refractivity contribution in [2.45, 2.75) is 19.9 Å². The normalized spacial score (nSPS) is 14.0. The van der Waals surface area contributed by atoms with E-state index in [1.807, 2.05) is 37.3 Å². The summed E-state index contributed by atoms with van der Waals surface area (Å²) in [6.07, 6.45) is 1.50. The monoisotopic (exact) mass is 553 g/mol. The number of allylic oxidation sites excluding steroid dienone is 1. The Kier molecular flexibility index (Phi) is 7.64. The number of hydrogen-bond acceptors (Lipinski definition) is 7. The fourth-order valence-electron chi connectivity index (χ4n) is 4.75. The minimum Gasteiger partial charge on any atom is -0.497 e. The number of methoxy groups -OCH3 is 3. The van der Waals surface area contributed by atoms with Crippen molar-refractivity contribution in [3.63, 3.8) is 0 Å². The molecule has 3 N–H and O–H groups in total. The van der Waals surface area contributed by atoms with Crippen LogP contribution in [-0.4, -0.2) is 42.9 Å². The van der Waals surface area contributed by atoms with E-state index in [9.17, 15) is 9.59 Å². The van der Waals surface area contributed by atoms with Gasteiger partial charge in [-0.25, -0.2) is 4.68 Å². The van der Waals surface area contributed by atoms with E-state index < -0.39 is 6.04 Å². The molecule has 2 amide bonds. The third kappa shape index (κ3) is 5.44. The van der Waals surface area contributed by atoms with Crippen LogP contribution in [-0.2, 0) is 4.79 Å². The average molecular weight is 554 g/mol. The molecule has 0 fully saturated rings. The predicted molar refractivity (Wildman–Crippen MR) is 157 cm³/mol. The zero-order valence-electron chi connectivity index (χ0n) is 23.4. The highest BCUT2D eigenvalue weighted by atomic mass is 16.5. The number of rotatable bonds is 8. The average Bonchev–Trinajstić information content (AvgIpc) is 3.41. The van der Waals surface area contributed by atoms with Gasteiger partial charge in [-0.2, -0.15) is 5.10 Å². The van der Waals surface area contributed by atoms with Crippen LogP contribution in [0, 0.1) is 6.92 Å². The van der Waals surface area contributed by atoms with Gasteiger partial charge in [-0.05, 0) is 67.9 Å². The van der Waals surface area contributed by atoms with Gasteiger partial charge in [0.2, 0.25) is 0 Å². The third-order valence-electron chi connectivity index (χ3n) is 6.89. The van der Waals surface area contributed by atoms with Crippen molar-refractivity contribution in [1.82, 2.24) is 9.78 Å². The van der Waals surface area contributed by atoms with Gasteiger partial charge < -0.3 is 30.2 Å². The maximum atomic E-state index is 13.8. The molecule has 0 saturated carbocycles. The van der Waals surface area contributed by atoms with Crippen LogP contribution in [0.15, 0.2) is 84.2 Å². The van der Waals surface area contributed by atoms with Crippen LogP contribution in [0.25, 0.3) is 0 Å². The standard InChI is InChI=1S/C31H31N5O5/c1-18-6-9-21(10-7-18)34-30(37)24-17-32-36-28(20-8-15-25(40-4)26(16-20)41-5)27(19(2)33-29(24)36)31(38)35-22-11-13-23(39-3)14-12-22/h6-17,28,33H,1-5H3,(H,34,37)(H,35,38)/t28-/m0/s1. The Morgan fingerprint density at radius 3 is 2.07 bits per heavy atom. The number of hydrogen-bond donors (Lipinski definition) is 3. The summed E-state index contributed by atoms with van der Waals surface area (Å²) in [7, 11) is 4.69. The molecule has 0 unspecified atom stereocenters. The Morgan fingerprint density at radius 1 is 0.805 bits per heavy atom. The molecule has 0 bridgehead atoms. The highest BCUT2D eigenvalue weighted by Crippen LogP contribution is 2.40. The Labute approximate surface area is 237 Å². The predicted octanol–water partition coefficient (Wildman–Crippen LogP) is 5.40. The first-order valence-corrected chi connectivity index (χ1v) is 12.9. The molecule has 5 rings (SSSR count). The number of fused-ring (bicyclic) bond motifs is 1. The first kappa shape index (κ1) is 27.3. The van der Waals surface area contributed by atoms with Gasteiger partial charge in [-0.3, -0.25) is 9.59 Å². The molecule has 2 heterocycles. The second-order valence-electron chi connectivity index (χ2n) is 9.53. The zero-order chi connectivity index (χ0) is 29.1. The van der Waals surface area contributed by atoms with Crippen LogP contribution in [0.2, 0.25) is 0 Å². The number of carbonyl (C=O) groups excluding carboxylic acids is 2. The van der Waals surface area contributed by atoms with Crippen molar-refractivity contribution >= 4 is 29.0 Å². The molecule has 0 radical (unpaired) electrons. The zero-order valence-corrected chi connectivity index (χ0v) is 23.4. The van der Waals surface area contributed by atoms with Gasteiger partial charge in [-0.15, -0.1) is 0 Å². The lowest BCUT2D eigenvalue weighted by Crippen LogP contribution is -2.32. The van der Waals surface area contributed by atoms with Crippen LogP contribution >= 0.6 is 0 Å². The summed E-state index contributed by atoms with van der Waals surface area (Å²) < 4.78 is 17.8. The van der Waals surface area contributed by atoms with E-state index >= 15 is 0 Å². The molecule has 0 aliphatic carbocycles. The van der Waals surface area contributed by atoms with Crippen molar-refractivity contribution in [2.75, 3.05) is 37.3 Å². The molecular formula is C31H31N5O5. The number of aromatic nitrogens is 2. The maximum Gasteiger partial charge on any atom is 0.261 e. The molecule has 1 atom stereocenters. The van der Waals surface area contributed by atoms with E-state index in [2.05, 4.69) is 21.0 Å². The molecule has 1 aliphatic heterocycles. The second-order valence-corrected chi connectivity index (χ2v) is 9.53. The highest BCUT2D eigenvalue weighted by Gasteiger charge is 2.36. The summed E-state index contributed by atoms with van der Waals surface area (Å²) in [4.78, 5) is 27.1. The van der Waals surface area contributed by atoms with E-state index in [0.717, 1.165) is 11.1 Å². The van der Waals surface area contributed by atoms with Crippen molar-refractivity contribution in [2.24, 2.45) is 0 Å². The minimum absolute atomic E-state index is 0.326. The van der Waals surface area contributed by atoms with E-state index in [4.69, 9.17) is 14.2 Å². The van der Waals surface area contributed by atoms with Crippen molar-refractivity contribution < 1.29 is 23.8 Å². The van der Waals surface area contributed by atoms with E-state index in [0.29, 0.717) is 51.3 Å². The molecule has 0 spiro atoms. The van der Waals surface area contributed by atoms with E-state index in [-0.39, 0.29) is 11.8 Å². The molecule has 10 heteroatoms. The number of ether oxygens (including phenoxy) is 3. The SMILES string of the molecule is COc1ccc(NC(=O)C2=C(C)Nc3c(C(=O)Nc4ccc(C)cc4)cnn3[C@H]2c2ccc(OC)c(OC)c2)cc1. The summed E-state index contributed by atoms with van der Waals surface area (Å²) >= 11 is 0. The molecular weight excluding hydrogens is 522 g/mol. The number of anilines is 3. The topological polar surface area (TPSA) is 116 Å². The Balaban J connectivity index is 1.55. The van der Waals surface area contributed by atoms with Crippen molar-refractivity contribution in [3.8, 4) is 17.2 Å². The molecule has 1 aliphatic rings. The van der Waals surface area contributed by atoms with Gasteiger partial charge in [0, 0.05) is 17.1 Å². The molecule has 210 valence electrons. The molecule has 0 saturated heterocycles. The first-order valence-electron chi connectivity index (χ1n) is 12.9. The van der Waals surface area contributed by atoms with Gasteiger partial charge >= 0.3 is 0 Å². The summed E-state index contributed by atoms with van der Waals surface area (Å²) in [5.74, 6) is 1.54. The lowest BCUT2D eigenvalue weighted by atomic mass is 9.94. The minimum atomic E-state index is -0.676. The van der Waals surface area contributed by atoms with Gasteiger partial charge in [0.25, 0.3) is 11.8 Å². The van der Waals surface area contributed by atoms with Crippen LogP contribution in [0.3, 0.4) is 0 Å². The van der Waals surface area contributed by atoms with Crippen molar-refractivity contribution in [3.05, 3.63) is 101 Å². The summed E-state index contributed by atoms with van der Waals surface area (Å²) in [5, 5.41) is 13.7. The van der Waals surface area contributed by atoms with Gasteiger partial charge in [0.15, 0.2) is 11.5 Å². The summed E-state index contributed by atoms with van der Waals surface area (Å²) in [5.41, 5.74) is 4.42. The fraction of sp³-hybridized carbons (Fsp3) is 0.194. The third-order valence-corrected chi connectivity index (χ3v) is 6.89. The molecule has 10 nitrogen and oxygen atoms in total. The number of nitrogens with zero attached hydrogens (tertiary/aromatic N) is 2. The van der Waals surface area contributed by atoms with E-state index in [1.54, 1.807) is 69.3 Å². The first-order chi connectivity index (χ1) is 19.8. The van der Waals surface area contributed by atoms with E-state index in [1.165, 1.54) is 6.20 Å². The molecule has 4 aromatic rings. The van der Waals surface area contributed by atoms with Gasteiger partial charge in [0.1, 0.15) is 23.2 Å². The Bertz CT molecular complexity index is 1620. The largest absolute Gasteiger partial charge is 0.497 e. The number of amides is 2. The highest BCUT2D eigenvalue weighted by molar-refractivity contribution is 6.09. The summed E-state index contributed by atoms with van der Waals surface area (Å²) in [6, 6.07) is 19.4. The number of benzene rings is 3. The smallest absolute Gasteiger partial charge is 0.261 e. The van der Waals surface area contributed by atoms with Crippen molar-refractivity contribution in [1.29, 1.82) is 0 Å².